The van der Waals surface area contributed by atoms with Crippen molar-refractivity contribution in [1.82, 2.24) is 10.9 Å². The van der Waals surface area contributed by atoms with Crippen molar-refractivity contribution in [3.05, 3.63) is 76.3 Å². The maximum atomic E-state index is 12.1. The first kappa shape index (κ1) is 17.3. The van der Waals surface area contributed by atoms with E-state index >= 15 is 0 Å². The zero-order valence-electron chi connectivity index (χ0n) is 13.6. The van der Waals surface area contributed by atoms with Gasteiger partial charge in [-0.3, -0.25) is 15.6 Å². The fourth-order valence-corrected chi connectivity index (χ4v) is 2.48. The van der Waals surface area contributed by atoms with Gasteiger partial charge in [-0.15, -0.1) is 0 Å². The fraction of sp³-hybridized carbons (Fsp3) is 0.211. The number of nitrogens with one attached hydrogen (secondary N) is 2. The molecule has 0 heterocycles. The Bertz CT molecular complexity index is 715. The molecule has 0 bridgehead atoms. The second kappa shape index (κ2) is 7.01. The largest absolute Gasteiger partial charge is 0.298 e. The summed E-state index contributed by atoms with van der Waals surface area (Å²) in [5, 5.41) is 0. The summed E-state index contributed by atoms with van der Waals surface area (Å²) in [5.74, 6) is -0.209. The molecule has 2 rings (SSSR count). The predicted molar refractivity (Wildman–Crippen MR) is 98.9 cm³/mol. The Morgan fingerprint density at radius 2 is 1.65 bits per heavy atom. The first-order chi connectivity index (χ1) is 10.8. The number of halogens is 1. The normalized spacial score (nSPS) is 11.0. The first-order valence-corrected chi connectivity index (χ1v) is 8.18. The highest BCUT2D eigenvalue weighted by atomic mass is 79.9. The summed E-state index contributed by atoms with van der Waals surface area (Å²) in [6.07, 6.45) is 0. The van der Waals surface area contributed by atoms with Gasteiger partial charge in [0.2, 0.25) is 0 Å². The molecular formula is C19H21BrN2O. The molecule has 0 radical (unpaired) electrons. The molecule has 4 heteroatoms. The predicted octanol–water partition coefficient (Wildman–Crippen LogP) is 4.65. The van der Waals surface area contributed by atoms with Crippen LogP contribution in [0.5, 0.6) is 0 Å². The standard InChI is InChI=1S/C19H21BrN2O/c1-13(14-8-10-16(11-9-14)19(2,3)4)21-22-18(23)15-6-5-7-17(20)12-15/h5-12,21H,1H2,2-4H3,(H,22,23). The summed E-state index contributed by atoms with van der Waals surface area (Å²) in [6.45, 7) is 10.5. The average molecular weight is 373 g/mol. The van der Waals surface area contributed by atoms with E-state index in [4.69, 9.17) is 0 Å². The van der Waals surface area contributed by atoms with Crippen LogP contribution in [0.1, 0.15) is 42.3 Å². The quantitative estimate of drug-likeness (QED) is 0.766. The van der Waals surface area contributed by atoms with E-state index in [9.17, 15) is 4.79 Å². The lowest BCUT2D eigenvalue weighted by Gasteiger charge is -2.19. The van der Waals surface area contributed by atoms with Crippen LogP contribution < -0.4 is 10.9 Å². The van der Waals surface area contributed by atoms with Gasteiger partial charge in [-0.25, -0.2) is 0 Å². The van der Waals surface area contributed by atoms with Crippen molar-refractivity contribution in [3.63, 3.8) is 0 Å². The number of carbonyl (C=O) groups excluding carboxylic acids is 1. The van der Waals surface area contributed by atoms with Crippen LogP contribution in [-0.4, -0.2) is 5.91 Å². The minimum absolute atomic E-state index is 0.113. The van der Waals surface area contributed by atoms with E-state index in [2.05, 4.69) is 66.3 Å². The molecule has 3 nitrogen and oxygen atoms in total. The number of hydrazine groups is 1. The Morgan fingerprint density at radius 1 is 1.00 bits per heavy atom. The van der Waals surface area contributed by atoms with E-state index in [1.54, 1.807) is 12.1 Å². The molecule has 0 atom stereocenters. The van der Waals surface area contributed by atoms with Crippen molar-refractivity contribution in [3.8, 4) is 0 Å². The maximum absolute atomic E-state index is 12.1. The third-order valence-corrected chi connectivity index (χ3v) is 4.01. The average Bonchev–Trinajstić information content (AvgIpc) is 2.51. The van der Waals surface area contributed by atoms with Crippen LogP contribution in [-0.2, 0) is 5.41 Å². The molecule has 0 unspecified atom stereocenters. The molecule has 0 aliphatic rings. The second-order valence-corrected chi connectivity index (χ2v) is 7.31. The molecule has 0 saturated carbocycles. The van der Waals surface area contributed by atoms with Gasteiger partial charge in [0.1, 0.15) is 0 Å². The smallest absolute Gasteiger partial charge is 0.269 e. The van der Waals surface area contributed by atoms with Crippen LogP contribution in [0.2, 0.25) is 0 Å². The van der Waals surface area contributed by atoms with Crippen LogP contribution in [0.15, 0.2) is 59.6 Å². The Morgan fingerprint density at radius 3 is 2.22 bits per heavy atom. The van der Waals surface area contributed by atoms with Gasteiger partial charge in [-0.2, -0.15) is 0 Å². The topological polar surface area (TPSA) is 41.1 Å². The number of benzene rings is 2. The Hall–Kier alpha value is -2.07. The van der Waals surface area contributed by atoms with Gasteiger partial charge in [0.05, 0.1) is 5.70 Å². The molecule has 0 aliphatic heterocycles. The molecule has 0 spiro atoms. The summed E-state index contributed by atoms with van der Waals surface area (Å²) in [6, 6.07) is 15.4. The lowest BCUT2D eigenvalue weighted by atomic mass is 9.86. The van der Waals surface area contributed by atoms with Crippen LogP contribution in [0, 0.1) is 0 Å². The third kappa shape index (κ3) is 4.70. The highest BCUT2D eigenvalue weighted by molar-refractivity contribution is 9.10. The van der Waals surface area contributed by atoms with Gasteiger partial charge in [0.15, 0.2) is 0 Å². The molecule has 23 heavy (non-hydrogen) atoms. The highest BCUT2D eigenvalue weighted by Crippen LogP contribution is 2.23. The van der Waals surface area contributed by atoms with Gasteiger partial charge in [0, 0.05) is 10.0 Å². The molecule has 2 aromatic carbocycles. The zero-order chi connectivity index (χ0) is 17.0. The molecule has 2 N–H and O–H groups in total. The lowest BCUT2D eigenvalue weighted by Crippen LogP contribution is -2.35. The molecule has 120 valence electrons. The van der Waals surface area contributed by atoms with Crippen molar-refractivity contribution in [2.24, 2.45) is 0 Å². The van der Waals surface area contributed by atoms with Gasteiger partial charge in [-0.05, 0) is 34.7 Å². The van der Waals surface area contributed by atoms with Crippen molar-refractivity contribution in [1.29, 1.82) is 0 Å². The molecule has 1 amide bonds. The number of rotatable bonds is 4. The summed E-state index contributed by atoms with van der Waals surface area (Å²) in [5.41, 5.74) is 9.05. The molecule has 0 aliphatic carbocycles. The minimum Gasteiger partial charge on any atom is -0.298 e. The number of amides is 1. The van der Waals surface area contributed by atoms with E-state index in [0.29, 0.717) is 11.3 Å². The Balaban J connectivity index is 1.98. The van der Waals surface area contributed by atoms with E-state index in [0.717, 1.165) is 10.0 Å². The summed E-state index contributed by atoms with van der Waals surface area (Å²) in [4.78, 5) is 12.1. The number of carbonyl (C=O) groups is 1. The summed E-state index contributed by atoms with van der Waals surface area (Å²) < 4.78 is 0.863. The summed E-state index contributed by atoms with van der Waals surface area (Å²) in [7, 11) is 0. The van der Waals surface area contributed by atoms with Crippen molar-refractivity contribution < 1.29 is 4.79 Å². The monoisotopic (exact) mass is 372 g/mol. The number of hydrogen-bond acceptors (Lipinski definition) is 2. The SMILES string of the molecule is C=C(NNC(=O)c1cccc(Br)c1)c1ccc(C(C)(C)C)cc1. The van der Waals surface area contributed by atoms with Crippen LogP contribution in [0.4, 0.5) is 0 Å². The third-order valence-electron chi connectivity index (χ3n) is 3.51. The Labute approximate surface area is 145 Å². The van der Waals surface area contributed by atoms with Crippen molar-refractivity contribution in [2.75, 3.05) is 0 Å². The molecule has 2 aromatic rings. The summed E-state index contributed by atoms with van der Waals surface area (Å²) >= 11 is 3.35. The molecule has 0 aromatic heterocycles. The van der Waals surface area contributed by atoms with E-state index in [-0.39, 0.29) is 11.3 Å². The maximum Gasteiger partial charge on any atom is 0.269 e. The van der Waals surface area contributed by atoms with E-state index in [1.165, 1.54) is 5.56 Å². The van der Waals surface area contributed by atoms with E-state index < -0.39 is 0 Å². The van der Waals surface area contributed by atoms with Crippen molar-refractivity contribution in [2.45, 2.75) is 26.2 Å². The van der Waals surface area contributed by atoms with Crippen molar-refractivity contribution >= 4 is 27.5 Å². The molecule has 0 saturated heterocycles. The van der Waals surface area contributed by atoms with Crippen LogP contribution in [0.25, 0.3) is 5.70 Å². The van der Waals surface area contributed by atoms with Gasteiger partial charge in [0.25, 0.3) is 5.91 Å². The first-order valence-electron chi connectivity index (χ1n) is 7.39. The second-order valence-electron chi connectivity index (χ2n) is 6.40. The van der Waals surface area contributed by atoms with Gasteiger partial charge < -0.3 is 0 Å². The van der Waals surface area contributed by atoms with E-state index in [1.807, 2.05) is 24.3 Å². The Kier molecular flexibility index (Phi) is 5.26. The highest BCUT2D eigenvalue weighted by Gasteiger charge is 2.13. The fourth-order valence-electron chi connectivity index (χ4n) is 2.08. The number of hydrogen-bond donors (Lipinski definition) is 2. The minimum atomic E-state index is -0.209. The van der Waals surface area contributed by atoms with Gasteiger partial charge >= 0.3 is 0 Å². The molecule has 0 fully saturated rings. The zero-order valence-corrected chi connectivity index (χ0v) is 15.2. The van der Waals surface area contributed by atoms with Crippen LogP contribution in [0.3, 0.4) is 0 Å². The molecular weight excluding hydrogens is 352 g/mol. The van der Waals surface area contributed by atoms with Gasteiger partial charge in [-0.1, -0.05) is 73.6 Å². The van der Waals surface area contributed by atoms with Crippen LogP contribution >= 0.6 is 15.9 Å². The lowest BCUT2D eigenvalue weighted by molar-refractivity contribution is 0.0942.